The fourth-order valence-electron chi connectivity index (χ4n) is 3.51. The van der Waals surface area contributed by atoms with Crippen LogP contribution in [0.5, 0.6) is 0 Å². The summed E-state index contributed by atoms with van der Waals surface area (Å²) < 4.78 is 56.9. The van der Waals surface area contributed by atoms with Crippen molar-refractivity contribution >= 4 is 7.60 Å². The van der Waals surface area contributed by atoms with Gasteiger partial charge in [0.15, 0.2) is 6.10 Å². The van der Waals surface area contributed by atoms with Gasteiger partial charge in [0, 0.05) is 0 Å². The highest BCUT2D eigenvalue weighted by Gasteiger charge is 2.50. The summed E-state index contributed by atoms with van der Waals surface area (Å²) in [5.74, 6) is -0.678. The molecular formula is C14H24F3O3P. The standard InChI is InChI=1S/C14H24F3O3P/c15-14(16,17)13(11-7-3-1-4-8-11)20-21(18,19)12-9-5-2-6-10-12/h11-13H,1-10H2,(H,18,19). The Morgan fingerprint density at radius 2 is 1.43 bits per heavy atom. The molecule has 7 heteroatoms. The fourth-order valence-corrected chi connectivity index (χ4v) is 5.31. The molecule has 1 N–H and O–H groups in total. The predicted molar refractivity (Wildman–Crippen MR) is 74.2 cm³/mol. The largest absolute Gasteiger partial charge is 0.415 e. The molecule has 0 spiro atoms. The molecule has 0 aromatic rings. The summed E-state index contributed by atoms with van der Waals surface area (Å²) in [5, 5.41) is 0. The van der Waals surface area contributed by atoms with E-state index >= 15 is 0 Å². The zero-order valence-electron chi connectivity index (χ0n) is 12.1. The zero-order valence-corrected chi connectivity index (χ0v) is 13.0. The van der Waals surface area contributed by atoms with E-state index in [1.54, 1.807) is 0 Å². The summed E-state index contributed by atoms with van der Waals surface area (Å²) in [6.45, 7) is 0. The lowest BCUT2D eigenvalue weighted by Gasteiger charge is -2.35. The third kappa shape index (κ3) is 4.70. The number of alkyl halides is 3. The number of rotatable bonds is 4. The Bertz CT molecular complexity index is 374. The average Bonchev–Trinajstić information content (AvgIpc) is 2.46. The van der Waals surface area contributed by atoms with Crippen molar-refractivity contribution in [2.45, 2.75) is 82.1 Å². The van der Waals surface area contributed by atoms with Gasteiger partial charge in [0.05, 0.1) is 5.66 Å². The average molecular weight is 328 g/mol. The third-order valence-corrected chi connectivity index (χ3v) is 6.67. The number of halogens is 3. The van der Waals surface area contributed by atoms with E-state index < -0.39 is 31.5 Å². The lowest BCUT2D eigenvalue weighted by atomic mass is 9.85. The van der Waals surface area contributed by atoms with Gasteiger partial charge in [-0.05, 0) is 31.6 Å². The van der Waals surface area contributed by atoms with Crippen molar-refractivity contribution < 1.29 is 27.2 Å². The Labute approximate surface area is 123 Å². The summed E-state index contributed by atoms with van der Waals surface area (Å²) in [5.41, 5.74) is -0.625. The van der Waals surface area contributed by atoms with Crippen LogP contribution in [0, 0.1) is 5.92 Å². The minimum atomic E-state index is -4.57. The highest BCUT2D eigenvalue weighted by molar-refractivity contribution is 7.53. The van der Waals surface area contributed by atoms with E-state index in [9.17, 15) is 22.6 Å². The Morgan fingerprint density at radius 3 is 1.90 bits per heavy atom. The summed E-state index contributed by atoms with van der Waals surface area (Å²) in [6.07, 6.45) is 0.125. The van der Waals surface area contributed by atoms with Crippen molar-refractivity contribution in [2.75, 3.05) is 0 Å². The van der Waals surface area contributed by atoms with Crippen LogP contribution < -0.4 is 0 Å². The van der Waals surface area contributed by atoms with E-state index in [1.807, 2.05) is 0 Å². The minimum absolute atomic E-state index is 0.425. The molecule has 21 heavy (non-hydrogen) atoms. The van der Waals surface area contributed by atoms with Crippen molar-refractivity contribution in [2.24, 2.45) is 5.92 Å². The highest BCUT2D eigenvalue weighted by Crippen LogP contribution is 2.56. The van der Waals surface area contributed by atoms with Crippen LogP contribution >= 0.6 is 7.60 Å². The quantitative estimate of drug-likeness (QED) is 0.736. The SMILES string of the molecule is O=P(O)(OC(C1CCCCC1)C(F)(F)F)C1CCCCC1. The van der Waals surface area contributed by atoms with E-state index in [2.05, 4.69) is 0 Å². The normalized spacial score (nSPS) is 27.2. The molecule has 0 aromatic heterocycles. The lowest BCUT2D eigenvalue weighted by molar-refractivity contribution is -0.214. The van der Waals surface area contributed by atoms with Crippen LogP contribution in [-0.2, 0) is 9.09 Å². The minimum Gasteiger partial charge on any atom is -0.324 e. The molecule has 0 saturated heterocycles. The smallest absolute Gasteiger partial charge is 0.324 e. The van der Waals surface area contributed by atoms with Crippen LogP contribution in [0.15, 0.2) is 0 Å². The number of hydrogen-bond donors (Lipinski definition) is 1. The first-order valence-electron chi connectivity index (χ1n) is 7.88. The first-order chi connectivity index (χ1) is 9.81. The van der Waals surface area contributed by atoms with Gasteiger partial charge in [-0.25, -0.2) is 0 Å². The van der Waals surface area contributed by atoms with Gasteiger partial charge < -0.3 is 4.89 Å². The molecule has 0 bridgehead atoms. The molecule has 2 fully saturated rings. The molecule has 2 atom stereocenters. The second-order valence-electron chi connectivity index (χ2n) is 6.32. The Balaban J connectivity index is 2.08. The van der Waals surface area contributed by atoms with E-state index in [0.717, 1.165) is 38.5 Å². The van der Waals surface area contributed by atoms with Crippen molar-refractivity contribution in [3.8, 4) is 0 Å². The molecule has 0 radical (unpaired) electrons. The maximum Gasteiger partial charge on any atom is 0.415 e. The lowest BCUT2D eigenvalue weighted by Crippen LogP contribution is -2.39. The molecule has 0 aromatic carbocycles. The van der Waals surface area contributed by atoms with Crippen molar-refractivity contribution in [3.63, 3.8) is 0 Å². The van der Waals surface area contributed by atoms with Crippen molar-refractivity contribution in [1.82, 2.24) is 0 Å². The van der Waals surface area contributed by atoms with Crippen LogP contribution in [0.3, 0.4) is 0 Å². The molecule has 2 aliphatic rings. The van der Waals surface area contributed by atoms with Gasteiger partial charge in [-0.3, -0.25) is 9.09 Å². The maximum atomic E-state index is 13.2. The molecule has 124 valence electrons. The van der Waals surface area contributed by atoms with Crippen molar-refractivity contribution in [1.29, 1.82) is 0 Å². The molecule has 0 heterocycles. The van der Waals surface area contributed by atoms with E-state index in [1.165, 1.54) is 0 Å². The highest BCUT2D eigenvalue weighted by atomic mass is 31.2. The van der Waals surface area contributed by atoms with Gasteiger partial charge >= 0.3 is 13.8 Å². The van der Waals surface area contributed by atoms with Crippen molar-refractivity contribution in [3.05, 3.63) is 0 Å². The van der Waals surface area contributed by atoms with Gasteiger partial charge in [0.1, 0.15) is 0 Å². The molecule has 0 aliphatic heterocycles. The van der Waals surface area contributed by atoms with Gasteiger partial charge in [-0.2, -0.15) is 13.2 Å². The van der Waals surface area contributed by atoms with Gasteiger partial charge in [0.25, 0.3) is 0 Å². The second kappa shape index (κ2) is 7.01. The Hall–Kier alpha value is -0.0600. The summed E-state index contributed by atoms with van der Waals surface area (Å²) in [6, 6.07) is 0. The van der Waals surface area contributed by atoms with Crippen LogP contribution in [0.4, 0.5) is 13.2 Å². The predicted octanol–water partition coefficient (Wildman–Crippen LogP) is 5.03. The molecule has 2 aliphatic carbocycles. The second-order valence-corrected chi connectivity index (χ2v) is 8.39. The number of hydrogen-bond acceptors (Lipinski definition) is 2. The van der Waals surface area contributed by atoms with E-state index in [0.29, 0.717) is 25.7 Å². The molecule has 2 unspecified atom stereocenters. The van der Waals surface area contributed by atoms with E-state index in [-0.39, 0.29) is 0 Å². The fraction of sp³-hybridized carbons (Fsp3) is 1.00. The first kappa shape index (κ1) is 17.3. The molecular weight excluding hydrogens is 304 g/mol. The maximum absolute atomic E-state index is 13.2. The molecule has 2 saturated carbocycles. The molecule has 3 nitrogen and oxygen atoms in total. The first-order valence-corrected chi connectivity index (χ1v) is 9.53. The van der Waals surface area contributed by atoms with Crippen LogP contribution in [0.25, 0.3) is 0 Å². The van der Waals surface area contributed by atoms with Gasteiger partial charge in [0.2, 0.25) is 0 Å². The topological polar surface area (TPSA) is 46.5 Å². The third-order valence-electron chi connectivity index (χ3n) is 4.70. The van der Waals surface area contributed by atoms with Crippen LogP contribution in [-0.4, -0.2) is 22.8 Å². The van der Waals surface area contributed by atoms with Gasteiger partial charge in [-0.1, -0.05) is 38.5 Å². The summed E-state index contributed by atoms with van der Waals surface area (Å²) in [7, 11) is -4.21. The molecule has 0 amide bonds. The zero-order chi connectivity index (χ0) is 15.5. The summed E-state index contributed by atoms with van der Waals surface area (Å²) in [4.78, 5) is 10.0. The summed E-state index contributed by atoms with van der Waals surface area (Å²) >= 11 is 0. The monoisotopic (exact) mass is 328 g/mol. The van der Waals surface area contributed by atoms with Gasteiger partial charge in [-0.15, -0.1) is 0 Å². The van der Waals surface area contributed by atoms with E-state index in [4.69, 9.17) is 4.52 Å². The Morgan fingerprint density at radius 1 is 0.952 bits per heavy atom. The van der Waals surface area contributed by atoms with Crippen LogP contribution in [0.1, 0.15) is 64.2 Å². The Kier molecular flexibility index (Phi) is 5.77. The van der Waals surface area contributed by atoms with Crippen LogP contribution in [0.2, 0.25) is 0 Å². The molecule has 2 rings (SSSR count).